The highest BCUT2D eigenvalue weighted by molar-refractivity contribution is 5.80. The van der Waals surface area contributed by atoms with Crippen molar-refractivity contribution in [2.45, 2.75) is 25.8 Å². The number of anilines is 1. The minimum atomic E-state index is -0.246. The van der Waals surface area contributed by atoms with E-state index in [0.717, 1.165) is 34.7 Å². The summed E-state index contributed by atoms with van der Waals surface area (Å²) in [6.07, 6.45) is 2.48. The van der Waals surface area contributed by atoms with Gasteiger partial charge >= 0.3 is 0 Å². The van der Waals surface area contributed by atoms with E-state index in [0.29, 0.717) is 42.5 Å². The Hall–Kier alpha value is -3.62. The molecule has 6 rings (SSSR count). The van der Waals surface area contributed by atoms with Crippen LogP contribution in [-0.4, -0.2) is 37.6 Å². The van der Waals surface area contributed by atoms with Crippen LogP contribution in [0.15, 0.2) is 30.6 Å². The van der Waals surface area contributed by atoms with Crippen molar-refractivity contribution >= 4 is 11.5 Å². The first-order valence-corrected chi connectivity index (χ1v) is 10.3. The SMILES string of the molecule is CCc1cc(-c2cc3c(n4cnnc24)NCc2c(F)ccc4c2[C@@H](CO4)CO3)n(C)n1. The minimum Gasteiger partial charge on any atom is -0.493 e. The molecule has 3 aromatic heterocycles. The van der Waals surface area contributed by atoms with Crippen LogP contribution in [-0.2, 0) is 20.0 Å². The molecular formula is C22H21FN6O2. The maximum absolute atomic E-state index is 14.7. The molecule has 1 atom stereocenters. The number of fused-ring (bicyclic) bond motifs is 3. The second-order valence-electron chi connectivity index (χ2n) is 7.90. The Bertz CT molecular complexity index is 1330. The van der Waals surface area contributed by atoms with Gasteiger partial charge in [-0.05, 0) is 30.7 Å². The van der Waals surface area contributed by atoms with Gasteiger partial charge in [0, 0.05) is 30.3 Å². The fraction of sp³-hybridized carbons (Fsp3) is 0.318. The number of rotatable bonds is 2. The van der Waals surface area contributed by atoms with Gasteiger partial charge in [-0.2, -0.15) is 5.10 Å². The summed E-state index contributed by atoms with van der Waals surface area (Å²) >= 11 is 0. The molecule has 158 valence electrons. The van der Waals surface area contributed by atoms with E-state index in [1.165, 1.54) is 6.07 Å². The lowest BCUT2D eigenvalue weighted by Gasteiger charge is -2.16. The Kier molecular flexibility index (Phi) is 3.92. The molecule has 4 aromatic rings. The van der Waals surface area contributed by atoms with E-state index >= 15 is 0 Å². The van der Waals surface area contributed by atoms with Gasteiger partial charge in [0.05, 0.1) is 30.5 Å². The second-order valence-corrected chi connectivity index (χ2v) is 7.90. The molecule has 1 aromatic carbocycles. The Morgan fingerprint density at radius 3 is 2.84 bits per heavy atom. The summed E-state index contributed by atoms with van der Waals surface area (Å²) in [4.78, 5) is 0. The normalized spacial score (nSPS) is 17.1. The number of hydrogen-bond donors (Lipinski definition) is 1. The van der Waals surface area contributed by atoms with Crippen LogP contribution >= 0.6 is 0 Å². The van der Waals surface area contributed by atoms with Crippen LogP contribution in [0.25, 0.3) is 16.9 Å². The summed E-state index contributed by atoms with van der Waals surface area (Å²) < 4.78 is 30.5. The van der Waals surface area contributed by atoms with Crippen LogP contribution in [0.4, 0.5) is 10.2 Å². The third-order valence-electron chi connectivity index (χ3n) is 6.09. The Morgan fingerprint density at radius 1 is 1.19 bits per heavy atom. The first kappa shape index (κ1) is 18.2. The lowest BCUT2D eigenvalue weighted by atomic mass is 9.96. The number of nitrogens with one attached hydrogen (secondary N) is 1. The maximum Gasteiger partial charge on any atom is 0.171 e. The first-order chi connectivity index (χ1) is 15.1. The van der Waals surface area contributed by atoms with E-state index in [-0.39, 0.29) is 11.7 Å². The number of aryl methyl sites for hydroxylation is 2. The molecular weight excluding hydrogens is 399 g/mol. The molecule has 2 aliphatic heterocycles. The Balaban J connectivity index is 1.52. The van der Waals surface area contributed by atoms with E-state index in [1.54, 1.807) is 12.4 Å². The summed E-state index contributed by atoms with van der Waals surface area (Å²) in [6.45, 7) is 3.25. The van der Waals surface area contributed by atoms with Gasteiger partial charge in [0.25, 0.3) is 0 Å². The highest BCUT2D eigenvalue weighted by Gasteiger charge is 2.31. The standard InChI is InChI=1S/C22H21FN6O2/c1-3-13-6-17(28(2)27-13)14-7-19-22(29-11-25-26-21(14)29)24-8-15-16(23)4-5-18-20(15)12(9-30-18)10-31-19/h4-7,11-12,24H,3,8-10H2,1-2H3/t12-/m0/s1. The lowest BCUT2D eigenvalue weighted by Crippen LogP contribution is -2.13. The zero-order valence-electron chi connectivity index (χ0n) is 17.2. The predicted molar refractivity (Wildman–Crippen MR) is 112 cm³/mol. The molecule has 0 radical (unpaired) electrons. The van der Waals surface area contributed by atoms with Crippen molar-refractivity contribution in [2.75, 3.05) is 18.5 Å². The number of nitrogens with zero attached hydrogens (tertiary/aromatic N) is 5. The largest absolute Gasteiger partial charge is 0.493 e. The first-order valence-electron chi connectivity index (χ1n) is 10.3. The molecule has 0 fully saturated rings. The molecule has 0 saturated heterocycles. The summed E-state index contributed by atoms with van der Waals surface area (Å²) in [5.41, 5.74) is 4.99. The van der Waals surface area contributed by atoms with Crippen molar-refractivity contribution in [1.82, 2.24) is 24.4 Å². The van der Waals surface area contributed by atoms with Crippen molar-refractivity contribution in [3.8, 4) is 22.8 Å². The molecule has 2 aliphatic rings. The van der Waals surface area contributed by atoms with E-state index in [2.05, 4.69) is 33.6 Å². The van der Waals surface area contributed by atoms with Gasteiger partial charge in [-0.1, -0.05) is 6.92 Å². The average molecular weight is 420 g/mol. The fourth-order valence-corrected chi connectivity index (χ4v) is 4.52. The van der Waals surface area contributed by atoms with Crippen molar-refractivity contribution in [1.29, 1.82) is 0 Å². The number of pyridine rings is 1. The summed E-state index contributed by atoms with van der Waals surface area (Å²) in [5.74, 6) is 1.80. The molecule has 0 bridgehead atoms. The maximum atomic E-state index is 14.7. The monoisotopic (exact) mass is 420 g/mol. The van der Waals surface area contributed by atoms with Crippen molar-refractivity contribution < 1.29 is 13.9 Å². The van der Waals surface area contributed by atoms with Crippen LogP contribution in [0.5, 0.6) is 11.5 Å². The average Bonchev–Trinajstić information content (AvgIpc) is 3.50. The van der Waals surface area contributed by atoms with Crippen molar-refractivity contribution in [3.05, 3.63) is 53.2 Å². The second kappa shape index (κ2) is 6.69. The number of hydrogen-bond acceptors (Lipinski definition) is 6. The highest BCUT2D eigenvalue weighted by atomic mass is 19.1. The zero-order chi connectivity index (χ0) is 21.1. The van der Waals surface area contributed by atoms with Gasteiger partial charge in [-0.25, -0.2) is 4.39 Å². The third kappa shape index (κ3) is 2.69. The predicted octanol–water partition coefficient (Wildman–Crippen LogP) is 3.31. The fourth-order valence-electron chi connectivity index (χ4n) is 4.52. The zero-order valence-corrected chi connectivity index (χ0v) is 17.2. The van der Waals surface area contributed by atoms with Gasteiger partial charge in [0.15, 0.2) is 17.2 Å². The number of aromatic nitrogens is 5. The Morgan fingerprint density at radius 2 is 2.03 bits per heavy atom. The smallest absolute Gasteiger partial charge is 0.171 e. The van der Waals surface area contributed by atoms with E-state index in [1.807, 2.05) is 22.2 Å². The third-order valence-corrected chi connectivity index (χ3v) is 6.09. The summed E-state index contributed by atoms with van der Waals surface area (Å²) in [7, 11) is 1.92. The lowest BCUT2D eigenvalue weighted by molar-refractivity contribution is 0.249. The number of halogens is 1. The molecule has 1 N–H and O–H groups in total. The molecule has 9 heteroatoms. The van der Waals surface area contributed by atoms with Gasteiger partial charge in [0.2, 0.25) is 0 Å². The molecule has 0 aliphatic carbocycles. The molecule has 31 heavy (non-hydrogen) atoms. The summed E-state index contributed by atoms with van der Waals surface area (Å²) in [5, 5.41) is 16.4. The number of ether oxygens (including phenoxy) is 2. The molecule has 8 nitrogen and oxygen atoms in total. The van der Waals surface area contributed by atoms with Crippen molar-refractivity contribution in [3.63, 3.8) is 0 Å². The van der Waals surface area contributed by atoms with E-state index in [4.69, 9.17) is 9.47 Å². The van der Waals surface area contributed by atoms with Crippen LogP contribution in [0.3, 0.4) is 0 Å². The van der Waals surface area contributed by atoms with Gasteiger partial charge < -0.3 is 14.8 Å². The quantitative estimate of drug-likeness (QED) is 0.536. The minimum absolute atomic E-state index is 0.0306. The van der Waals surface area contributed by atoms with Gasteiger partial charge in [-0.15, -0.1) is 10.2 Å². The van der Waals surface area contributed by atoms with E-state index in [9.17, 15) is 4.39 Å². The molecule has 0 amide bonds. The molecule has 0 saturated carbocycles. The van der Waals surface area contributed by atoms with Crippen LogP contribution in [0, 0.1) is 5.82 Å². The van der Waals surface area contributed by atoms with Gasteiger partial charge in [-0.3, -0.25) is 9.08 Å². The topological polar surface area (TPSA) is 78.5 Å². The number of benzene rings is 1. The highest BCUT2D eigenvalue weighted by Crippen LogP contribution is 2.41. The van der Waals surface area contributed by atoms with Crippen LogP contribution in [0.1, 0.15) is 29.7 Å². The molecule has 5 heterocycles. The van der Waals surface area contributed by atoms with Crippen molar-refractivity contribution in [2.24, 2.45) is 7.05 Å². The molecule has 0 spiro atoms. The summed E-state index contributed by atoms with van der Waals surface area (Å²) in [6, 6.07) is 7.18. The Labute approximate surface area is 177 Å². The van der Waals surface area contributed by atoms with E-state index < -0.39 is 0 Å². The van der Waals surface area contributed by atoms with Gasteiger partial charge in [0.1, 0.15) is 17.9 Å². The van der Waals surface area contributed by atoms with Crippen LogP contribution < -0.4 is 14.8 Å². The molecule has 0 unspecified atom stereocenters. The van der Waals surface area contributed by atoms with Crippen LogP contribution in [0.2, 0.25) is 0 Å².